The molecule has 1 aromatic rings. The highest BCUT2D eigenvalue weighted by Crippen LogP contribution is 2.25. The van der Waals surface area contributed by atoms with E-state index in [-0.39, 0.29) is 0 Å². The molecule has 1 N–H and O–H groups in total. The van der Waals surface area contributed by atoms with Gasteiger partial charge in [-0.25, -0.2) is 0 Å². The van der Waals surface area contributed by atoms with Gasteiger partial charge in [-0.3, -0.25) is 0 Å². The van der Waals surface area contributed by atoms with E-state index < -0.39 is 0 Å². The summed E-state index contributed by atoms with van der Waals surface area (Å²) in [6, 6.07) is 6.80. The number of hydrogen-bond acceptors (Lipinski definition) is 3. The summed E-state index contributed by atoms with van der Waals surface area (Å²) in [5, 5.41) is 4.47. The van der Waals surface area contributed by atoms with Crippen LogP contribution in [-0.2, 0) is 22.3 Å². The maximum absolute atomic E-state index is 6.04. The lowest BCUT2D eigenvalue weighted by molar-refractivity contribution is 0.0165. The summed E-state index contributed by atoms with van der Waals surface area (Å²) in [6.07, 6.45) is 5.94. The maximum Gasteiger partial charge on any atom is 0.0809 e. The van der Waals surface area contributed by atoms with Gasteiger partial charge in [0.05, 0.1) is 12.7 Å². The Hall–Kier alpha value is -0.610. The van der Waals surface area contributed by atoms with Crippen molar-refractivity contribution in [3.63, 3.8) is 0 Å². The first-order chi connectivity index (χ1) is 10.3. The van der Waals surface area contributed by atoms with Crippen molar-refractivity contribution in [2.24, 2.45) is 0 Å². The molecule has 0 radical (unpaired) electrons. The zero-order valence-electron chi connectivity index (χ0n) is 12.4. The lowest BCUT2D eigenvalue weighted by Gasteiger charge is -2.13. The summed E-state index contributed by atoms with van der Waals surface area (Å²) in [4.78, 5) is 0. The molecule has 1 aliphatic carbocycles. The Balaban J connectivity index is 1.27. The van der Waals surface area contributed by atoms with Crippen LogP contribution >= 0.6 is 11.6 Å². The molecule has 116 valence electrons. The zero-order valence-corrected chi connectivity index (χ0v) is 13.2. The summed E-state index contributed by atoms with van der Waals surface area (Å²) in [5.41, 5.74) is 2.83. The first kappa shape index (κ1) is 15.3. The van der Waals surface area contributed by atoms with E-state index in [1.807, 2.05) is 6.07 Å². The molecule has 0 bridgehead atoms. The van der Waals surface area contributed by atoms with E-state index in [0.29, 0.717) is 12.1 Å². The molecule has 2 atom stereocenters. The predicted octanol–water partition coefficient (Wildman–Crippen LogP) is 2.98. The average Bonchev–Trinajstić information content (AvgIpc) is 3.11. The Kier molecular flexibility index (Phi) is 5.53. The third-order valence-corrected chi connectivity index (χ3v) is 4.56. The van der Waals surface area contributed by atoms with Gasteiger partial charge in [0.25, 0.3) is 0 Å². The maximum atomic E-state index is 6.04. The summed E-state index contributed by atoms with van der Waals surface area (Å²) >= 11 is 6.04. The molecular formula is C17H24ClNO2. The fourth-order valence-electron chi connectivity index (χ4n) is 3.20. The molecule has 1 fully saturated rings. The Morgan fingerprint density at radius 1 is 1.29 bits per heavy atom. The van der Waals surface area contributed by atoms with E-state index in [1.54, 1.807) is 0 Å². The lowest BCUT2D eigenvalue weighted by atomic mass is 10.1. The van der Waals surface area contributed by atoms with E-state index in [1.165, 1.54) is 17.5 Å². The average molecular weight is 310 g/mol. The number of rotatable bonds is 7. The van der Waals surface area contributed by atoms with Gasteiger partial charge in [-0.1, -0.05) is 17.7 Å². The van der Waals surface area contributed by atoms with Gasteiger partial charge in [0.2, 0.25) is 0 Å². The van der Waals surface area contributed by atoms with Crippen LogP contribution in [0.2, 0.25) is 5.02 Å². The van der Waals surface area contributed by atoms with E-state index in [9.17, 15) is 0 Å². The molecule has 4 heteroatoms. The normalized spacial score (nSPS) is 24.4. The van der Waals surface area contributed by atoms with Gasteiger partial charge in [-0.05, 0) is 61.9 Å². The van der Waals surface area contributed by atoms with Crippen LogP contribution in [0.4, 0.5) is 0 Å². The second-order valence-electron chi connectivity index (χ2n) is 6.04. The van der Waals surface area contributed by atoms with Gasteiger partial charge in [-0.15, -0.1) is 0 Å². The number of nitrogens with one attached hydrogen (secondary N) is 1. The van der Waals surface area contributed by atoms with Crippen molar-refractivity contribution in [3.8, 4) is 0 Å². The number of benzene rings is 1. The molecule has 1 aliphatic heterocycles. The predicted molar refractivity (Wildman–Crippen MR) is 85.1 cm³/mol. The highest BCUT2D eigenvalue weighted by Gasteiger charge is 2.20. The van der Waals surface area contributed by atoms with E-state index in [0.717, 1.165) is 57.1 Å². The lowest BCUT2D eigenvalue weighted by Crippen LogP contribution is -2.31. The van der Waals surface area contributed by atoms with Gasteiger partial charge in [0, 0.05) is 24.3 Å². The number of halogens is 1. The van der Waals surface area contributed by atoms with Crippen molar-refractivity contribution in [2.45, 2.75) is 44.2 Å². The van der Waals surface area contributed by atoms with Gasteiger partial charge < -0.3 is 14.8 Å². The molecule has 3 nitrogen and oxygen atoms in total. The fourth-order valence-corrected chi connectivity index (χ4v) is 3.40. The molecule has 2 unspecified atom stereocenters. The van der Waals surface area contributed by atoms with Gasteiger partial charge >= 0.3 is 0 Å². The molecule has 0 spiro atoms. The highest BCUT2D eigenvalue weighted by atomic mass is 35.5. The topological polar surface area (TPSA) is 30.5 Å². The smallest absolute Gasteiger partial charge is 0.0809 e. The number of fused-ring (bicyclic) bond motifs is 1. The van der Waals surface area contributed by atoms with Gasteiger partial charge in [0.15, 0.2) is 0 Å². The quantitative estimate of drug-likeness (QED) is 0.786. The summed E-state index contributed by atoms with van der Waals surface area (Å²) in [7, 11) is 0. The highest BCUT2D eigenvalue weighted by molar-refractivity contribution is 6.30. The van der Waals surface area contributed by atoms with Gasteiger partial charge in [0.1, 0.15) is 0 Å². The minimum Gasteiger partial charge on any atom is -0.379 e. The van der Waals surface area contributed by atoms with Crippen molar-refractivity contribution in [1.82, 2.24) is 5.32 Å². The summed E-state index contributed by atoms with van der Waals surface area (Å²) in [5.74, 6) is 0. The first-order valence-corrected chi connectivity index (χ1v) is 8.39. The third kappa shape index (κ3) is 4.43. The van der Waals surface area contributed by atoms with Crippen molar-refractivity contribution in [1.29, 1.82) is 0 Å². The first-order valence-electron chi connectivity index (χ1n) is 8.01. The molecular weight excluding hydrogens is 286 g/mol. The fraction of sp³-hybridized carbons (Fsp3) is 0.647. The van der Waals surface area contributed by atoms with E-state index in [2.05, 4.69) is 17.4 Å². The molecule has 1 saturated heterocycles. The Morgan fingerprint density at radius 2 is 2.19 bits per heavy atom. The molecule has 0 aromatic heterocycles. The van der Waals surface area contributed by atoms with Crippen LogP contribution in [0.25, 0.3) is 0 Å². The minimum absolute atomic E-state index is 0.340. The molecule has 2 aliphatic rings. The molecule has 21 heavy (non-hydrogen) atoms. The van der Waals surface area contributed by atoms with Crippen LogP contribution in [0.5, 0.6) is 0 Å². The minimum atomic E-state index is 0.340. The zero-order chi connectivity index (χ0) is 14.5. The second-order valence-corrected chi connectivity index (χ2v) is 6.47. The monoisotopic (exact) mass is 309 g/mol. The SMILES string of the molecule is Clc1ccc2c(c1)CC(NCCCOCC1CCCO1)C2. The molecule has 0 amide bonds. The largest absolute Gasteiger partial charge is 0.379 e. The molecule has 0 saturated carbocycles. The van der Waals surface area contributed by atoms with Crippen LogP contribution in [0, 0.1) is 0 Å². The Bertz CT molecular complexity index is 460. The standard InChI is InChI=1S/C17H24ClNO2/c18-15-5-4-13-10-16(11-14(13)9-15)19-6-2-7-20-12-17-3-1-8-21-17/h4-5,9,16-17,19H,1-3,6-8,10-12H2. The Morgan fingerprint density at radius 3 is 3.05 bits per heavy atom. The number of ether oxygens (including phenoxy) is 2. The van der Waals surface area contributed by atoms with Crippen LogP contribution in [-0.4, -0.2) is 38.5 Å². The van der Waals surface area contributed by atoms with Crippen LogP contribution < -0.4 is 5.32 Å². The van der Waals surface area contributed by atoms with Crippen molar-refractivity contribution < 1.29 is 9.47 Å². The van der Waals surface area contributed by atoms with Crippen molar-refractivity contribution in [2.75, 3.05) is 26.4 Å². The Labute approximate surface area is 132 Å². The molecule has 1 heterocycles. The molecule has 3 rings (SSSR count). The number of hydrogen-bond donors (Lipinski definition) is 1. The third-order valence-electron chi connectivity index (χ3n) is 4.33. The van der Waals surface area contributed by atoms with Crippen molar-refractivity contribution >= 4 is 11.6 Å². The van der Waals surface area contributed by atoms with E-state index >= 15 is 0 Å². The summed E-state index contributed by atoms with van der Waals surface area (Å²) in [6.45, 7) is 3.49. The van der Waals surface area contributed by atoms with Crippen molar-refractivity contribution in [3.05, 3.63) is 34.3 Å². The van der Waals surface area contributed by atoms with Gasteiger partial charge in [-0.2, -0.15) is 0 Å². The van der Waals surface area contributed by atoms with E-state index in [4.69, 9.17) is 21.1 Å². The van der Waals surface area contributed by atoms with Crippen LogP contribution in [0.15, 0.2) is 18.2 Å². The molecule has 1 aromatic carbocycles. The van der Waals surface area contributed by atoms with Crippen LogP contribution in [0.1, 0.15) is 30.4 Å². The summed E-state index contributed by atoms with van der Waals surface area (Å²) < 4.78 is 11.2. The second kappa shape index (κ2) is 7.59. The van der Waals surface area contributed by atoms with Crippen LogP contribution in [0.3, 0.4) is 0 Å².